The maximum Gasteiger partial charge on any atom is 0.277 e. The number of anilines is 2. The summed E-state index contributed by atoms with van der Waals surface area (Å²) in [6, 6.07) is 6.06. The van der Waals surface area contributed by atoms with Gasteiger partial charge in [0.25, 0.3) is 5.91 Å². The lowest BCUT2D eigenvalue weighted by Gasteiger charge is -2.38. The van der Waals surface area contributed by atoms with Gasteiger partial charge in [-0.2, -0.15) is 5.10 Å². The van der Waals surface area contributed by atoms with Gasteiger partial charge in [-0.05, 0) is 44.0 Å². The molecular formula is C24H26N6O2. The molecule has 0 saturated carbocycles. The Morgan fingerprint density at radius 3 is 2.69 bits per heavy atom. The molecule has 8 heteroatoms. The Hall–Kier alpha value is -3.68. The second-order valence-corrected chi connectivity index (χ2v) is 8.40. The fourth-order valence-electron chi connectivity index (χ4n) is 4.82. The molecule has 0 radical (unpaired) electrons. The monoisotopic (exact) mass is 430 g/mol. The van der Waals surface area contributed by atoms with Crippen molar-refractivity contribution in [2.24, 2.45) is 0 Å². The molecule has 2 amide bonds. The molecule has 3 aromatic rings. The summed E-state index contributed by atoms with van der Waals surface area (Å²) in [5, 5.41) is 8.10. The highest BCUT2D eigenvalue weighted by Crippen LogP contribution is 2.35. The number of aromatic amines is 1. The number of aromatic nitrogens is 3. The van der Waals surface area contributed by atoms with Crippen molar-refractivity contribution in [2.45, 2.75) is 20.3 Å². The van der Waals surface area contributed by atoms with Gasteiger partial charge in [-0.15, -0.1) is 0 Å². The summed E-state index contributed by atoms with van der Waals surface area (Å²) < 4.78 is 0. The number of carbonyl (C=O) groups is 2. The number of hydrogen-bond acceptors (Lipinski definition) is 5. The van der Waals surface area contributed by atoms with Crippen molar-refractivity contribution in [3.8, 4) is 0 Å². The molecule has 2 aliphatic rings. The van der Waals surface area contributed by atoms with Gasteiger partial charge in [0.1, 0.15) is 5.69 Å². The van der Waals surface area contributed by atoms with Crippen LogP contribution in [-0.4, -0.2) is 64.6 Å². The van der Waals surface area contributed by atoms with Crippen molar-refractivity contribution >= 4 is 34.1 Å². The van der Waals surface area contributed by atoms with E-state index in [9.17, 15) is 9.59 Å². The summed E-state index contributed by atoms with van der Waals surface area (Å²) in [7, 11) is 0. The molecule has 2 aromatic heterocycles. The van der Waals surface area contributed by atoms with Crippen molar-refractivity contribution in [3.05, 3.63) is 59.6 Å². The Morgan fingerprint density at radius 2 is 1.94 bits per heavy atom. The van der Waals surface area contributed by atoms with Gasteiger partial charge in [-0.1, -0.05) is 12.6 Å². The summed E-state index contributed by atoms with van der Waals surface area (Å²) in [5.41, 5.74) is 6.24. The highest BCUT2D eigenvalue weighted by Gasteiger charge is 2.33. The molecule has 164 valence electrons. The second kappa shape index (κ2) is 7.78. The van der Waals surface area contributed by atoms with Crippen LogP contribution in [0.15, 0.2) is 37.1 Å². The van der Waals surface area contributed by atoms with Crippen LogP contribution in [0.3, 0.4) is 0 Å². The first-order chi connectivity index (χ1) is 15.5. The summed E-state index contributed by atoms with van der Waals surface area (Å²) >= 11 is 0. The molecule has 0 bridgehead atoms. The van der Waals surface area contributed by atoms with Gasteiger partial charge >= 0.3 is 0 Å². The Morgan fingerprint density at radius 1 is 1.16 bits per heavy atom. The average Bonchev–Trinajstić information content (AvgIpc) is 3.28. The topological polar surface area (TPSA) is 85.4 Å². The quantitative estimate of drug-likeness (QED) is 0.646. The van der Waals surface area contributed by atoms with Gasteiger partial charge in [0.15, 0.2) is 0 Å². The van der Waals surface area contributed by atoms with Crippen LogP contribution < -0.4 is 9.80 Å². The number of nitrogens with one attached hydrogen (secondary N) is 1. The van der Waals surface area contributed by atoms with E-state index in [4.69, 9.17) is 0 Å². The SMILES string of the molecule is C=CC(=O)N1CCN(c2cc(C)nc3c2CCN(c2c(C)ccc4[nH]ncc24)C3=O)CC1. The first kappa shape index (κ1) is 20.2. The van der Waals surface area contributed by atoms with Crippen LogP contribution in [0.25, 0.3) is 10.9 Å². The van der Waals surface area contributed by atoms with Gasteiger partial charge in [0.05, 0.1) is 17.4 Å². The molecule has 8 nitrogen and oxygen atoms in total. The van der Waals surface area contributed by atoms with Crippen molar-refractivity contribution in [2.75, 3.05) is 42.5 Å². The molecule has 32 heavy (non-hydrogen) atoms. The van der Waals surface area contributed by atoms with Crippen LogP contribution in [0, 0.1) is 13.8 Å². The van der Waals surface area contributed by atoms with Crippen LogP contribution in [0.4, 0.5) is 11.4 Å². The summed E-state index contributed by atoms with van der Waals surface area (Å²) in [4.78, 5) is 36.2. The van der Waals surface area contributed by atoms with Gasteiger partial charge in [-0.3, -0.25) is 14.7 Å². The van der Waals surface area contributed by atoms with Crippen molar-refractivity contribution in [1.82, 2.24) is 20.1 Å². The van der Waals surface area contributed by atoms with Crippen molar-refractivity contribution in [3.63, 3.8) is 0 Å². The maximum absolute atomic E-state index is 13.7. The molecule has 0 spiro atoms. The van der Waals surface area contributed by atoms with Gasteiger partial charge < -0.3 is 14.7 Å². The van der Waals surface area contributed by atoms with Gasteiger partial charge in [0, 0.05) is 55.1 Å². The number of H-pyrrole nitrogens is 1. The number of nitrogens with zero attached hydrogens (tertiary/aromatic N) is 5. The van der Waals surface area contributed by atoms with Gasteiger partial charge in [-0.25, -0.2) is 4.98 Å². The lowest BCUT2D eigenvalue weighted by atomic mass is 9.98. The third-order valence-corrected chi connectivity index (χ3v) is 6.44. The first-order valence-electron chi connectivity index (χ1n) is 10.9. The molecule has 1 aromatic carbocycles. The third-order valence-electron chi connectivity index (χ3n) is 6.44. The number of benzene rings is 1. The molecule has 2 aliphatic heterocycles. The van der Waals surface area contributed by atoms with Gasteiger partial charge in [0.2, 0.25) is 5.91 Å². The van der Waals surface area contributed by atoms with E-state index in [1.54, 1.807) is 6.20 Å². The molecule has 5 rings (SSSR count). The molecule has 0 aliphatic carbocycles. The molecule has 4 heterocycles. The maximum atomic E-state index is 13.7. The number of piperazine rings is 1. The van der Waals surface area contributed by atoms with Crippen LogP contribution in [0.1, 0.15) is 27.3 Å². The zero-order valence-corrected chi connectivity index (χ0v) is 18.4. The predicted molar refractivity (Wildman–Crippen MR) is 124 cm³/mol. The van der Waals surface area contributed by atoms with Crippen LogP contribution in [0.5, 0.6) is 0 Å². The summed E-state index contributed by atoms with van der Waals surface area (Å²) in [5.74, 6) is -0.110. The zero-order chi connectivity index (χ0) is 22.4. The Balaban J connectivity index is 1.49. The molecule has 1 saturated heterocycles. The van der Waals surface area contributed by atoms with E-state index in [1.165, 1.54) is 6.08 Å². The van der Waals surface area contributed by atoms with Crippen molar-refractivity contribution in [1.29, 1.82) is 0 Å². The smallest absolute Gasteiger partial charge is 0.277 e. The number of rotatable bonds is 3. The first-order valence-corrected chi connectivity index (χ1v) is 10.9. The lowest BCUT2D eigenvalue weighted by molar-refractivity contribution is -0.126. The van der Waals surface area contributed by atoms with E-state index in [0.717, 1.165) is 58.6 Å². The molecular weight excluding hydrogens is 404 g/mol. The zero-order valence-electron chi connectivity index (χ0n) is 18.4. The average molecular weight is 431 g/mol. The fraction of sp³-hybridized carbons (Fsp3) is 0.333. The van der Waals surface area contributed by atoms with Crippen LogP contribution in [-0.2, 0) is 11.2 Å². The molecule has 1 fully saturated rings. The van der Waals surface area contributed by atoms with E-state index in [2.05, 4.69) is 32.7 Å². The molecule has 1 N–H and O–H groups in total. The minimum atomic E-state index is -0.0755. The number of fused-ring (bicyclic) bond motifs is 2. The number of aryl methyl sites for hydroxylation is 2. The standard InChI is InChI=1S/C24H26N6O2/c1-4-21(31)29-11-9-28(10-12-29)20-13-16(3)26-22-17(20)7-8-30(24(22)32)23-15(2)5-6-19-18(23)14-25-27-19/h4-6,13-14H,1,7-12H2,2-3H3,(H,25,27). The van der Waals surface area contributed by atoms with E-state index >= 15 is 0 Å². The van der Waals surface area contributed by atoms with Crippen molar-refractivity contribution < 1.29 is 9.59 Å². The molecule has 0 unspecified atom stereocenters. The third kappa shape index (κ3) is 3.23. The Kier molecular flexibility index (Phi) is 4.92. The Bertz CT molecular complexity index is 1240. The van der Waals surface area contributed by atoms with E-state index in [1.807, 2.05) is 35.8 Å². The highest BCUT2D eigenvalue weighted by atomic mass is 16.2. The second-order valence-electron chi connectivity index (χ2n) is 8.40. The number of carbonyl (C=O) groups excluding carboxylic acids is 2. The minimum Gasteiger partial charge on any atom is -0.368 e. The van der Waals surface area contributed by atoms with E-state index in [-0.39, 0.29) is 11.8 Å². The normalized spacial score (nSPS) is 16.4. The fourth-order valence-corrected chi connectivity index (χ4v) is 4.82. The van der Waals surface area contributed by atoms with Crippen LogP contribution in [0.2, 0.25) is 0 Å². The largest absolute Gasteiger partial charge is 0.368 e. The van der Waals surface area contributed by atoms with Crippen LogP contribution >= 0.6 is 0 Å². The number of hydrogen-bond donors (Lipinski definition) is 1. The molecule has 0 atom stereocenters. The van der Waals surface area contributed by atoms with E-state index in [0.29, 0.717) is 25.3 Å². The number of pyridine rings is 1. The lowest BCUT2D eigenvalue weighted by Crippen LogP contribution is -2.49. The highest BCUT2D eigenvalue weighted by molar-refractivity contribution is 6.12. The predicted octanol–water partition coefficient (Wildman–Crippen LogP) is 2.61. The summed E-state index contributed by atoms with van der Waals surface area (Å²) in [6.07, 6.45) is 3.87. The Labute approximate surface area is 186 Å². The summed E-state index contributed by atoms with van der Waals surface area (Å²) in [6.45, 7) is 10.8. The number of amides is 2. The van der Waals surface area contributed by atoms with E-state index < -0.39 is 0 Å². The minimum absolute atomic E-state index is 0.0350.